The van der Waals surface area contributed by atoms with Crippen LogP contribution < -0.4 is 5.32 Å². The SMILES string of the molecule is COC(=O)[C@H](Cc1ccc(C)cc1)NC(=O)[C@@H]1CCCO1. The van der Waals surface area contributed by atoms with Crippen molar-refractivity contribution < 1.29 is 19.1 Å². The van der Waals surface area contributed by atoms with E-state index in [4.69, 9.17) is 9.47 Å². The lowest BCUT2D eigenvalue weighted by Crippen LogP contribution is -2.47. The Balaban J connectivity index is 2.01. The molecule has 5 heteroatoms. The van der Waals surface area contributed by atoms with Crippen molar-refractivity contribution in [3.8, 4) is 0 Å². The van der Waals surface area contributed by atoms with E-state index >= 15 is 0 Å². The van der Waals surface area contributed by atoms with Gasteiger partial charge in [-0.2, -0.15) is 0 Å². The predicted molar refractivity (Wildman–Crippen MR) is 77.8 cm³/mol. The molecule has 0 radical (unpaired) electrons. The summed E-state index contributed by atoms with van der Waals surface area (Å²) >= 11 is 0. The van der Waals surface area contributed by atoms with Gasteiger partial charge in [-0.3, -0.25) is 4.79 Å². The molecule has 1 aromatic carbocycles. The molecule has 1 amide bonds. The fraction of sp³-hybridized carbons (Fsp3) is 0.500. The van der Waals surface area contributed by atoms with Crippen LogP contribution in [0.1, 0.15) is 24.0 Å². The van der Waals surface area contributed by atoms with Gasteiger partial charge >= 0.3 is 5.97 Å². The van der Waals surface area contributed by atoms with Gasteiger partial charge in [-0.05, 0) is 25.3 Å². The number of amides is 1. The highest BCUT2D eigenvalue weighted by atomic mass is 16.5. The standard InChI is InChI=1S/C16H21NO4/c1-11-5-7-12(8-6-11)10-13(16(19)20-2)17-15(18)14-4-3-9-21-14/h5-8,13-14H,3-4,9-10H2,1-2H3,(H,17,18)/t13-,14-/m0/s1. The summed E-state index contributed by atoms with van der Waals surface area (Å²) in [6.45, 7) is 2.60. The van der Waals surface area contributed by atoms with Crippen LogP contribution in [0.4, 0.5) is 0 Å². The molecular formula is C16H21NO4. The van der Waals surface area contributed by atoms with Gasteiger partial charge in [-0.25, -0.2) is 4.79 Å². The van der Waals surface area contributed by atoms with Gasteiger partial charge in [0.05, 0.1) is 7.11 Å². The van der Waals surface area contributed by atoms with Crippen molar-refractivity contribution in [1.29, 1.82) is 0 Å². The normalized spacial score (nSPS) is 19.0. The van der Waals surface area contributed by atoms with Crippen molar-refractivity contribution >= 4 is 11.9 Å². The van der Waals surface area contributed by atoms with E-state index in [9.17, 15) is 9.59 Å². The number of carbonyl (C=O) groups is 2. The van der Waals surface area contributed by atoms with E-state index in [2.05, 4.69) is 5.32 Å². The average Bonchev–Trinajstić information content (AvgIpc) is 3.02. The average molecular weight is 291 g/mol. The molecule has 1 aliphatic heterocycles. The van der Waals surface area contributed by atoms with Gasteiger partial charge in [-0.15, -0.1) is 0 Å². The Morgan fingerprint density at radius 2 is 2.10 bits per heavy atom. The van der Waals surface area contributed by atoms with Gasteiger partial charge < -0.3 is 14.8 Å². The van der Waals surface area contributed by atoms with Crippen molar-refractivity contribution in [2.45, 2.75) is 38.3 Å². The summed E-state index contributed by atoms with van der Waals surface area (Å²) < 4.78 is 10.1. The molecule has 0 saturated carbocycles. The first-order chi connectivity index (χ1) is 10.1. The molecule has 0 spiro atoms. The van der Waals surface area contributed by atoms with E-state index in [1.165, 1.54) is 7.11 Å². The smallest absolute Gasteiger partial charge is 0.328 e. The Kier molecular flexibility index (Phi) is 5.33. The van der Waals surface area contributed by atoms with Gasteiger partial charge in [0.15, 0.2) is 0 Å². The molecule has 21 heavy (non-hydrogen) atoms. The van der Waals surface area contributed by atoms with Crippen LogP contribution in [0.15, 0.2) is 24.3 Å². The van der Waals surface area contributed by atoms with Gasteiger partial charge in [0, 0.05) is 13.0 Å². The summed E-state index contributed by atoms with van der Waals surface area (Å²) in [5, 5.41) is 2.73. The summed E-state index contributed by atoms with van der Waals surface area (Å²) in [7, 11) is 1.32. The number of methoxy groups -OCH3 is 1. The first-order valence-electron chi connectivity index (χ1n) is 7.15. The molecule has 1 aromatic rings. The minimum absolute atomic E-state index is 0.241. The van der Waals surface area contributed by atoms with E-state index in [1.807, 2.05) is 31.2 Å². The molecule has 2 atom stereocenters. The predicted octanol–water partition coefficient (Wildman–Crippen LogP) is 1.37. The number of hydrogen-bond acceptors (Lipinski definition) is 4. The van der Waals surface area contributed by atoms with Crippen molar-refractivity contribution in [3.05, 3.63) is 35.4 Å². The number of carbonyl (C=O) groups excluding carboxylic acids is 2. The second-order valence-corrected chi connectivity index (χ2v) is 5.28. The minimum atomic E-state index is -0.686. The van der Waals surface area contributed by atoms with Crippen LogP contribution in [0.3, 0.4) is 0 Å². The highest BCUT2D eigenvalue weighted by Gasteiger charge is 2.28. The molecule has 0 aromatic heterocycles. The molecule has 1 fully saturated rings. The number of ether oxygens (including phenoxy) is 2. The Morgan fingerprint density at radius 1 is 1.38 bits per heavy atom. The van der Waals surface area contributed by atoms with Crippen LogP contribution in [0.25, 0.3) is 0 Å². The van der Waals surface area contributed by atoms with E-state index in [0.717, 1.165) is 17.5 Å². The van der Waals surface area contributed by atoms with Gasteiger partial charge in [0.2, 0.25) is 5.91 Å². The zero-order valence-electron chi connectivity index (χ0n) is 12.4. The lowest BCUT2D eigenvalue weighted by Gasteiger charge is -2.18. The molecule has 1 aliphatic rings. The molecule has 2 rings (SSSR count). The number of nitrogens with one attached hydrogen (secondary N) is 1. The zero-order chi connectivity index (χ0) is 15.2. The quantitative estimate of drug-likeness (QED) is 0.832. The zero-order valence-corrected chi connectivity index (χ0v) is 12.4. The van der Waals surface area contributed by atoms with Crippen LogP contribution in [-0.2, 0) is 25.5 Å². The van der Waals surface area contributed by atoms with E-state index in [-0.39, 0.29) is 5.91 Å². The van der Waals surface area contributed by atoms with Crippen molar-refractivity contribution in [2.24, 2.45) is 0 Å². The van der Waals surface area contributed by atoms with Crippen LogP contribution in [0.5, 0.6) is 0 Å². The van der Waals surface area contributed by atoms with Crippen LogP contribution in [-0.4, -0.2) is 37.7 Å². The van der Waals surface area contributed by atoms with Gasteiger partial charge in [0.1, 0.15) is 12.1 Å². The van der Waals surface area contributed by atoms with Crippen LogP contribution >= 0.6 is 0 Å². The summed E-state index contributed by atoms with van der Waals surface area (Å²) in [6.07, 6.45) is 1.53. The molecule has 5 nitrogen and oxygen atoms in total. The van der Waals surface area contributed by atoms with Crippen molar-refractivity contribution in [3.63, 3.8) is 0 Å². The minimum Gasteiger partial charge on any atom is -0.467 e. The second kappa shape index (κ2) is 7.22. The Hall–Kier alpha value is -1.88. The number of rotatable bonds is 5. The Bertz CT molecular complexity index is 492. The lowest BCUT2D eigenvalue weighted by molar-refractivity contribution is -0.146. The molecular weight excluding hydrogens is 270 g/mol. The van der Waals surface area contributed by atoms with Crippen LogP contribution in [0.2, 0.25) is 0 Å². The third kappa shape index (κ3) is 4.29. The van der Waals surface area contributed by atoms with Crippen molar-refractivity contribution in [1.82, 2.24) is 5.32 Å². The lowest BCUT2D eigenvalue weighted by atomic mass is 10.0. The molecule has 0 aliphatic carbocycles. The summed E-state index contributed by atoms with van der Waals surface area (Å²) in [4.78, 5) is 23.9. The van der Waals surface area contributed by atoms with Gasteiger partial charge in [0.25, 0.3) is 0 Å². The molecule has 1 saturated heterocycles. The molecule has 0 unspecified atom stereocenters. The monoisotopic (exact) mass is 291 g/mol. The van der Waals surface area contributed by atoms with E-state index < -0.39 is 18.1 Å². The maximum absolute atomic E-state index is 12.1. The largest absolute Gasteiger partial charge is 0.467 e. The van der Waals surface area contributed by atoms with E-state index in [1.54, 1.807) is 0 Å². The first kappa shape index (κ1) is 15.5. The van der Waals surface area contributed by atoms with E-state index in [0.29, 0.717) is 19.4 Å². The summed E-state index contributed by atoms with van der Waals surface area (Å²) in [5.74, 6) is -0.683. The number of hydrogen-bond donors (Lipinski definition) is 1. The Labute approximate surface area is 124 Å². The maximum Gasteiger partial charge on any atom is 0.328 e. The number of benzene rings is 1. The van der Waals surface area contributed by atoms with Gasteiger partial charge in [-0.1, -0.05) is 29.8 Å². The number of aryl methyl sites for hydroxylation is 1. The summed E-state index contributed by atoms with van der Waals surface area (Å²) in [5.41, 5.74) is 2.13. The molecule has 0 bridgehead atoms. The Morgan fingerprint density at radius 3 is 2.67 bits per heavy atom. The third-order valence-electron chi connectivity index (χ3n) is 3.58. The third-order valence-corrected chi connectivity index (χ3v) is 3.58. The molecule has 114 valence electrons. The topological polar surface area (TPSA) is 64.6 Å². The fourth-order valence-corrected chi connectivity index (χ4v) is 2.34. The highest BCUT2D eigenvalue weighted by Crippen LogP contribution is 2.13. The second-order valence-electron chi connectivity index (χ2n) is 5.28. The number of esters is 1. The highest BCUT2D eigenvalue weighted by molar-refractivity contribution is 5.87. The fourth-order valence-electron chi connectivity index (χ4n) is 2.34. The first-order valence-corrected chi connectivity index (χ1v) is 7.15. The van der Waals surface area contributed by atoms with Crippen molar-refractivity contribution in [2.75, 3.05) is 13.7 Å². The maximum atomic E-state index is 12.1. The molecule has 1 heterocycles. The van der Waals surface area contributed by atoms with Crippen LogP contribution in [0, 0.1) is 6.92 Å². The molecule has 1 N–H and O–H groups in total. The summed E-state index contributed by atoms with van der Waals surface area (Å²) in [6, 6.07) is 7.17.